The molecule has 0 aromatic rings. The van der Waals surface area contributed by atoms with Crippen LogP contribution in [0, 0.1) is 11.8 Å². The number of ether oxygens (including phenoxy) is 1. The Morgan fingerprint density at radius 3 is 2.54 bits per heavy atom. The van der Waals surface area contributed by atoms with Gasteiger partial charge >= 0.3 is 6.09 Å². The van der Waals surface area contributed by atoms with Crippen LogP contribution in [0.15, 0.2) is 11.8 Å². The van der Waals surface area contributed by atoms with Crippen LogP contribution in [0.25, 0.3) is 0 Å². The molecule has 3 aliphatic heterocycles. The summed E-state index contributed by atoms with van der Waals surface area (Å²) in [7, 11) is 0. The van der Waals surface area contributed by atoms with Crippen molar-refractivity contribution in [2.45, 2.75) is 50.6 Å². The molecule has 0 saturated carbocycles. The normalized spacial score (nSPS) is 34.5. The van der Waals surface area contributed by atoms with Gasteiger partial charge in [0.05, 0.1) is 6.04 Å². The minimum Gasteiger partial charge on any atom is -0.413 e. The van der Waals surface area contributed by atoms with Crippen LogP contribution in [0.1, 0.15) is 38.5 Å². The number of piperidine rings is 2. The molecule has 0 radical (unpaired) electrons. The Morgan fingerprint density at radius 1 is 1.00 bits per heavy atom. The second kappa shape index (κ2) is 6.20. The molecule has 0 aromatic heterocycles. The first-order chi connectivity index (χ1) is 11.6. The van der Waals surface area contributed by atoms with Crippen molar-refractivity contribution >= 4 is 17.9 Å². The summed E-state index contributed by atoms with van der Waals surface area (Å²) in [5.74, 6) is 1.15. The lowest BCUT2D eigenvalue weighted by atomic mass is 9.78. The maximum absolute atomic E-state index is 12.3. The maximum atomic E-state index is 12.3. The highest BCUT2D eigenvalue weighted by Crippen LogP contribution is 2.40. The van der Waals surface area contributed by atoms with E-state index in [-0.39, 0.29) is 24.3 Å². The van der Waals surface area contributed by atoms with Gasteiger partial charge in [0.1, 0.15) is 11.8 Å². The maximum Gasteiger partial charge on any atom is 0.416 e. The molecule has 1 aliphatic carbocycles. The van der Waals surface area contributed by atoms with E-state index < -0.39 is 12.1 Å². The molecule has 0 bridgehead atoms. The predicted molar refractivity (Wildman–Crippen MR) is 84.7 cm³/mol. The van der Waals surface area contributed by atoms with E-state index in [1.807, 2.05) is 0 Å². The summed E-state index contributed by atoms with van der Waals surface area (Å²) in [4.78, 5) is 37.3. The monoisotopic (exact) mass is 333 g/mol. The SMILES string of the molecule is O=C1CCC(N2C(=O)OC3=CC(C4CCNCC4)CCC32)C(=O)N1. The number of rotatable bonds is 2. The Hall–Kier alpha value is -1.89. The van der Waals surface area contributed by atoms with Gasteiger partial charge in [0.2, 0.25) is 11.8 Å². The highest BCUT2D eigenvalue weighted by atomic mass is 16.6. The van der Waals surface area contributed by atoms with E-state index in [1.54, 1.807) is 4.90 Å². The number of hydrogen-bond acceptors (Lipinski definition) is 5. The van der Waals surface area contributed by atoms with Crippen LogP contribution >= 0.6 is 0 Å². The molecule has 4 aliphatic rings. The van der Waals surface area contributed by atoms with Crippen molar-refractivity contribution in [2.75, 3.05) is 13.1 Å². The highest BCUT2D eigenvalue weighted by molar-refractivity contribution is 6.01. The summed E-state index contributed by atoms with van der Waals surface area (Å²) in [5.41, 5.74) is 0. The standard InChI is InChI=1S/C17H23N3O4/c21-15-4-3-13(16(22)19-15)20-12-2-1-11(9-14(12)24-17(20)23)10-5-7-18-8-6-10/h9-13,18H,1-8H2,(H,19,21,22). The highest BCUT2D eigenvalue weighted by Gasteiger charge is 2.47. The lowest BCUT2D eigenvalue weighted by Gasteiger charge is -2.36. The van der Waals surface area contributed by atoms with Crippen molar-refractivity contribution < 1.29 is 19.1 Å². The van der Waals surface area contributed by atoms with Gasteiger partial charge in [-0.15, -0.1) is 0 Å². The van der Waals surface area contributed by atoms with Gasteiger partial charge in [-0.25, -0.2) is 4.79 Å². The Kier molecular flexibility index (Phi) is 4.04. The van der Waals surface area contributed by atoms with Gasteiger partial charge in [0.15, 0.2) is 0 Å². The van der Waals surface area contributed by atoms with Crippen LogP contribution < -0.4 is 10.6 Å². The number of fused-ring (bicyclic) bond motifs is 1. The molecular weight excluding hydrogens is 310 g/mol. The quantitative estimate of drug-likeness (QED) is 0.733. The Morgan fingerprint density at radius 2 is 1.79 bits per heavy atom. The van der Waals surface area contributed by atoms with Gasteiger partial charge in [0.25, 0.3) is 0 Å². The van der Waals surface area contributed by atoms with Gasteiger partial charge in [-0.05, 0) is 63.1 Å². The van der Waals surface area contributed by atoms with Crippen molar-refractivity contribution in [1.82, 2.24) is 15.5 Å². The number of nitrogens with zero attached hydrogens (tertiary/aromatic N) is 1. The smallest absolute Gasteiger partial charge is 0.413 e. The van der Waals surface area contributed by atoms with Crippen LogP contribution in [0.3, 0.4) is 0 Å². The summed E-state index contributed by atoms with van der Waals surface area (Å²) >= 11 is 0. The summed E-state index contributed by atoms with van der Waals surface area (Å²) in [6, 6.07) is -0.749. The number of imide groups is 1. The molecule has 130 valence electrons. The predicted octanol–water partition coefficient (Wildman–Crippen LogP) is 0.906. The molecule has 3 fully saturated rings. The van der Waals surface area contributed by atoms with Gasteiger partial charge in [0, 0.05) is 6.42 Å². The zero-order valence-electron chi connectivity index (χ0n) is 13.6. The molecule has 0 aromatic carbocycles. The van der Waals surface area contributed by atoms with Crippen LogP contribution in [0.4, 0.5) is 4.79 Å². The van der Waals surface area contributed by atoms with Crippen molar-refractivity contribution in [2.24, 2.45) is 11.8 Å². The molecular formula is C17H23N3O4. The van der Waals surface area contributed by atoms with E-state index in [2.05, 4.69) is 16.7 Å². The lowest BCUT2D eigenvalue weighted by Crippen LogP contribution is -2.55. The topological polar surface area (TPSA) is 87.7 Å². The third-order valence-electron chi connectivity index (χ3n) is 5.77. The van der Waals surface area contributed by atoms with E-state index in [1.165, 1.54) is 0 Å². The average Bonchev–Trinajstić information content (AvgIpc) is 2.91. The summed E-state index contributed by atoms with van der Waals surface area (Å²) in [6.07, 6.45) is 6.46. The van der Waals surface area contributed by atoms with Crippen LogP contribution in [0.2, 0.25) is 0 Å². The van der Waals surface area contributed by atoms with Gasteiger partial charge < -0.3 is 10.1 Å². The van der Waals surface area contributed by atoms with Crippen LogP contribution in [-0.4, -0.2) is 48.0 Å². The number of carbonyl (C=O) groups is 3. The molecule has 3 saturated heterocycles. The molecule has 4 rings (SSSR count). The lowest BCUT2D eigenvalue weighted by molar-refractivity contribution is -0.137. The fraction of sp³-hybridized carbons (Fsp3) is 0.706. The zero-order valence-corrected chi connectivity index (χ0v) is 13.6. The largest absolute Gasteiger partial charge is 0.416 e. The third-order valence-corrected chi connectivity index (χ3v) is 5.77. The molecule has 7 heteroatoms. The first kappa shape index (κ1) is 15.6. The molecule has 0 spiro atoms. The van der Waals surface area contributed by atoms with E-state index in [0.29, 0.717) is 24.0 Å². The average molecular weight is 333 g/mol. The van der Waals surface area contributed by atoms with Gasteiger partial charge in [-0.3, -0.25) is 19.8 Å². The van der Waals surface area contributed by atoms with E-state index in [4.69, 9.17) is 4.74 Å². The van der Waals surface area contributed by atoms with E-state index >= 15 is 0 Å². The first-order valence-electron chi connectivity index (χ1n) is 8.90. The zero-order chi connectivity index (χ0) is 16.7. The third kappa shape index (κ3) is 2.70. The van der Waals surface area contributed by atoms with Gasteiger partial charge in [-0.2, -0.15) is 0 Å². The Bertz CT molecular complexity index is 597. The molecule has 3 atom stereocenters. The Labute approximate surface area is 140 Å². The summed E-state index contributed by atoms with van der Waals surface area (Å²) < 4.78 is 5.49. The van der Waals surface area contributed by atoms with E-state index in [0.717, 1.165) is 38.8 Å². The minimum absolute atomic E-state index is 0.153. The van der Waals surface area contributed by atoms with Gasteiger partial charge in [-0.1, -0.05) is 0 Å². The number of hydrogen-bond donors (Lipinski definition) is 2. The van der Waals surface area contributed by atoms with Crippen molar-refractivity contribution in [1.29, 1.82) is 0 Å². The second-order valence-corrected chi connectivity index (χ2v) is 7.16. The molecule has 3 heterocycles. The van der Waals surface area contributed by atoms with Crippen molar-refractivity contribution in [3.05, 3.63) is 11.8 Å². The van der Waals surface area contributed by atoms with E-state index in [9.17, 15) is 14.4 Å². The molecule has 3 amide bonds. The number of amides is 3. The summed E-state index contributed by atoms with van der Waals surface area (Å²) in [5, 5.41) is 5.71. The van der Waals surface area contributed by atoms with Crippen LogP contribution in [0.5, 0.6) is 0 Å². The minimum atomic E-state index is -0.596. The molecule has 24 heavy (non-hydrogen) atoms. The molecule has 2 N–H and O–H groups in total. The molecule has 3 unspecified atom stereocenters. The number of nitrogens with one attached hydrogen (secondary N) is 2. The molecule has 7 nitrogen and oxygen atoms in total. The fourth-order valence-electron chi connectivity index (χ4n) is 4.49. The number of allylic oxidation sites excluding steroid dienone is 1. The fourth-order valence-corrected chi connectivity index (χ4v) is 4.49. The number of carbonyl (C=O) groups excluding carboxylic acids is 3. The van der Waals surface area contributed by atoms with Crippen molar-refractivity contribution in [3.8, 4) is 0 Å². The summed E-state index contributed by atoms with van der Waals surface area (Å²) in [6.45, 7) is 2.10. The second-order valence-electron chi connectivity index (χ2n) is 7.16. The first-order valence-corrected chi connectivity index (χ1v) is 8.90. The van der Waals surface area contributed by atoms with Crippen LogP contribution in [-0.2, 0) is 14.3 Å². The van der Waals surface area contributed by atoms with Crippen molar-refractivity contribution in [3.63, 3.8) is 0 Å². The Balaban J connectivity index is 1.51.